The molecule has 0 spiro atoms. The number of phenols is 1. The molecule has 104 valence electrons. The van der Waals surface area contributed by atoms with Crippen molar-refractivity contribution in [3.63, 3.8) is 0 Å². The van der Waals surface area contributed by atoms with Gasteiger partial charge in [0.2, 0.25) is 0 Å². The minimum Gasteiger partial charge on any atom is -0.507 e. The molecule has 0 saturated heterocycles. The Morgan fingerprint density at radius 2 is 1.89 bits per heavy atom. The minimum absolute atomic E-state index is 0.0687. The predicted octanol–water partition coefficient (Wildman–Crippen LogP) is 3.35. The topological polar surface area (TPSA) is 40.5 Å². The van der Waals surface area contributed by atoms with Gasteiger partial charge in [-0.1, -0.05) is 18.6 Å². The zero-order chi connectivity index (χ0) is 14.0. The number of hydrogen-bond donors (Lipinski definition) is 1. The standard InChI is InChI=1S/C16H23NO2/c1-11-4-7-13(8-5-11)17(3)16(19)14-10-12(2)6-9-15(14)18/h6,9-11,13,18H,4-5,7-8H2,1-3H3. The largest absolute Gasteiger partial charge is 0.507 e. The summed E-state index contributed by atoms with van der Waals surface area (Å²) < 4.78 is 0. The van der Waals surface area contributed by atoms with Gasteiger partial charge in [0.05, 0.1) is 5.56 Å². The number of aryl methyl sites for hydroxylation is 1. The molecular weight excluding hydrogens is 238 g/mol. The van der Waals surface area contributed by atoms with Crippen LogP contribution in [0.1, 0.15) is 48.5 Å². The van der Waals surface area contributed by atoms with Crippen LogP contribution in [0.5, 0.6) is 5.75 Å². The molecule has 1 amide bonds. The van der Waals surface area contributed by atoms with E-state index in [2.05, 4.69) is 6.92 Å². The van der Waals surface area contributed by atoms with Crippen molar-refractivity contribution >= 4 is 5.91 Å². The third-order valence-electron chi connectivity index (χ3n) is 4.24. The fourth-order valence-corrected chi connectivity index (χ4v) is 2.81. The number of amides is 1. The van der Waals surface area contributed by atoms with Crippen LogP contribution in [-0.4, -0.2) is 29.0 Å². The molecule has 1 saturated carbocycles. The quantitative estimate of drug-likeness (QED) is 0.887. The van der Waals surface area contributed by atoms with Gasteiger partial charge in [-0.25, -0.2) is 0 Å². The van der Waals surface area contributed by atoms with Crippen LogP contribution in [0.3, 0.4) is 0 Å². The summed E-state index contributed by atoms with van der Waals surface area (Å²) in [7, 11) is 1.85. The Labute approximate surface area is 115 Å². The Hall–Kier alpha value is -1.51. The summed E-state index contributed by atoms with van der Waals surface area (Å²) in [4.78, 5) is 14.3. The Morgan fingerprint density at radius 3 is 2.53 bits per heavy atom. The van der Waals surface area contributed by atoms with Gasteiger partial charge in [0.15, 0.2) is 0 Å². The summed E-state index contributed by atoms with van der Waals surface area (Å²) in [5.74, 6) is 0.777. The number of rotatable bonds is 2. The first kappa shape index (κ1) is 13.9. The lowest BCUT2D eigenvalue weighted by Gasteiger charge is -2.33. The molecule has 2 rings (SSSR count). The van der Waals surface area contributed by atoms with Crippen molar-refractivity contribution in [2.24, 2.45) is 5.92 Å². The molecule has 1 aliphatic carbocycles. The van der Waals surface area contributed by atoms with Crippen LogP contribution in [0.2, 0.25) is 0 Å². The van der Waals surface area contributed by atoms with Gasteiger partial charge in [-0.2, -0.15) is 0 Å². The number of hydrogen-bond acceptors (Lipinski definition) is 2. The number of nitrogens with zero attached hydrogens (tertiary/aromatic N) is 1. The first-order valence-electron chi connectivity index (χ1n) is 7.06. The van der Waals surface area contributed by atoms with Crippen LogP contribution in [0, 0.1) is 12.8 Å². The van der Waals surface area contributed by atoms with E-state index in [1.54, 1.807) is 17.0 Å². The maximum absolute atomic E-state index is 12.5. The SMILES string of the molecule is Cc1ccc(O)c(C(=O)N(C)C2CCC(C)CC2)c1. The molecule has 0 unspecified atom stereocenters. The predicted molar refractivity (Wildman–Crippen MR) is 76.4 cm³/mol. The van der Waals surface area contributed by atoms with E-state index < -0.39 is 0 Å². The number of benzene rings is 1. The lowest BCUT2D eigenvalue weighted by molar-refractivity contribution is 0.0676. The molecule has 0 atom stereocenters. The molecule has 0 aliphatic heterocycles. The van der Waals surface area contributed by atoms with E-state index in [9.17, 15) is 9.90 Å². The van der Waals surface area contributed by atoms with Crippen LogP contribution in [0.25, 0.3) is 0 Å². The second-order valence-corrected chi connectivity index (χ2v) is 5.85. The van der Waals surface area contributed by atoms with Gasteiger partial charge >= 0.3 is 0 Å². The van der Waals surface area contributed by atoms with Gasteiger partial charge in [-0.15, -0.1) is 0 Å². The molecule has 3 nitrogen and oxygen atoms in total. The molecule has 0 heterocycles. The molecule has 1 aromatic rings. The third-order valence-corrected chi connectivity index (χ3v) is 4.24. The molecule has 0 aromatic heterocycles. The molecule has 3 heteroatoms. The Balaban J connectivity index is 2.12. The van der Waals surface area contributed by atoms with Crippen LogP contribution >= 0.6 is 0 Å². The molecule has 0 radical (unpaired) electrons. The fraction of sp³-hybridized carbons (Fsp3) is 0.562. The summed E-state index contributed by atoms with van der Waals surface area (Å²) in [6.45, 7) is 4.20. The molecule has 1 aliphatic rings. The Morgan fingerprint density at radius 1 is 1.26 bits per heavy atom. The molecule has 0 bridgehead atoms. The molecule has 19 heavy (non-hydrogen) atoms. The zero-order valence-electron chi connectivity index (χ0n) is 12.0. The second-order valence-electron chi connectivity index (χ2n) is 5.85. The number of carbonyl (C=O) groups is 1. The van der Waals surface area contributed by atoms with Crippen LogP contribution in [0.15, 0.2) is 18.2 Å². The smallest absolute Gasteiger partial charge is 0.257 e. The van der Waals surface area contributed by atoms with Crippen LogP contribution in [0.4, 0.5) is 0 Å². The highest BCUT2D eigenvalue weighted by atomic mass is 16.3. The Bertz CT molecular complexity index is 462. The molecule has 1 fully saturated rings. The molecule has 1 N–H and O–H groups in total. The van der Waals surface area contributed by atoms with Crippen molar-refractivity contribution in [1.82, 2.24) is 4.90 Å². The van der Waals surface area contributed by atoms with Crippen molar-refractivity contribution in [3.05, 3.63) is 29.3 Å². The maximum Gasteiger partial charge on any atom is 0.257 e. The normalized spacial score (nSPS) is 23.1. The van der Waals surface area contributed by atoms with Crippen molar-refractivity contribution in [3.8, 4) is 5.75 Å². The molecule has 1 aromatic carbocycles. The van der Waals surface area contributed by atoms with E-state index >= 15 is 0 Å². The number of phenolic OH excluding ortho intramolecular Hbond substituents is 1. The van der Waals surface area contributed by atoms with Crippen molar-refractivity contribution in [2.45, 2.75) is 45.6 Å². The van der Waals surface area contributed by atoms with E-state index in [4.69, 9.17) is 0 Å². The first-order valence-corrected chi connectivity index (χ1v) is 7.06. The van der Waals surface area contributed by atoms with Crippen LogP contribution in [-0.2, 0) is 0 Å². The van der Waals surface area contributed by atoms with E-state index in [-0.39, 0.29) is 11.7 Å². The highest BCUT2D eigenvalue weighted by Crippen LogP contribution is 2.28. The first-order chi connectivity index (χ1) is 8.99. The van der Waals surface area contributed by atoms with Gasteiger partial charge in [0, 0.05) is 13.1 Å². The van der Waals surface area contributed by atoms with E-state index in [0.29, 0.717) is 11.6 Å². The van der Waals surface area contributed by atoms with Gasteiger partial charge < -0.3 is 10.0 Å². The summed E-state index contributed by atoms with van der Waals surface area (Å²) in [6, 6.07) is 5.48. The van der Waals surface area contributed by atoms with E-state index in [1.807, 2.05) is 20.0 Å². The number of carbonyl (C=O) groups excluding carboxylic acids is 1. The van der Waals surface area contributed by atoms with E-state index in [0.717, 1.165) is 24.3 Å². The van der Waals surface area contributed by atoms with Crippen molar-refractivity contribution < 1.29 is 9.90 Å². The fourth-order valence-electron chi connectivity index (χ4n) is 2.81. The average molecular weight is 261 g/mol. The average Bonchev–Trinajstić information content (AvgIpc) is 2.41. The van der Waals surface area contributed by atoms with Gasteiger partial charge in [-0.3, -0.25) is 4.79 Å². The van der Waals surface area contributed by atoms with Crippen LogP contribution < -0.4 is 0 Å². The van der Waals surface area contributed by atoms with Gasteiger partial charge in [0.25, 0.3) is 5.91 Å². The lowest BCUT2D eigenvalue weighted by atomic mass is 9.86. The minimum atomic E-state index is -0.0687. The lowest BCUT2D eigenvalue weighted by Crippen LogP contribution is -2.39. The van der Waals surface area contributed by atoms with Gasteiger partial charge in [0.1, 0.15) is 5.75 Å². The second kappa shape index (κ2) is 5.64. The number of aromatic hydroxyl groups is 1. The highest BCUT2D eigenvalue weighted by Gasteiger charge is 2.26. The van der Waals surface area contributed by atoms with Gasteiger partial charge in [-0.05, 0) is 50.7 Å². The summed E-state index contributed by atoms with van der Waals surface area (Å²) in [6.07, 6.45) is 4.50. The zero-order valence-corrected chi connectivity index (χ0v) is 12.0. The summed E-state index contributed by atoms with van der Waals surface area (Å²) in [5, 5.41) is 9.85. The van der Waals surface area contributed by atoms with E-state index in [1.165, 1.54) is 12.8 Å². The Kier molecular flexibility index (Phi) is 4.13. The van der Waals surface area contributed by atoms with Crippen molar-refractivity contribution in [1.29, 1.82) is 0 Å². The summed E-state index contributed by atoms with van der Waals surface area (Å²) >= 11 is 0. The summed E-state index contributed by atoms with van der Waals surface area (Å²) in [5.41, 5.74) is 1.41. The third kappa shape index (κ3) is 3.09. The monoisotopic (exact) mass is 261 g/mol. The van der Waals surface area contributed by atoms with Crippen molar-refractivity contribution in [2.75, 3.05) is 7.05 Å². The highest BCUT2D eigenvalue weighted by molar-refractivity contribution is 5.97. The molecular formula is C16H23NO2. The maximum atomic E-state index is 12.5.